The highest BCUT2D eigenvalue weighted by Crippen LogP contribution is 2.16. The Hall–Kier alpha value is -0.210. The summed E-state index contributed by atoms with van der Waals surface area (Å²) in [5.41, 5.74) is -0.449. The molecule has 70 valence electrons. The van der Waals surface area contributed by atoms with Crippen LogP contribution in [0.4, 0.5) is 0 Å². The zero-order valence-corrected chi connectivity index (χ0v) is 8.71. The van der Waals surface area contributed by atoms with Crippen molar-refractivity contribution >= 4 is 29.2 Å². The second-order valence-corrected chi connectivity index (χ2v) is 3.42. The van der Waals surface area contributed by atoms with Gasteiger partial charge in [0.2, 0.25) is 0 Å². The topological polar surface area (TPSA) is 26.3 Å². The van der Waals surface area contributed by atoms with Gasteiger partial charge in [-0.1, -0.05) is 6.58 Å². The Morgan fingerprint density at radius 2 is 1.92 bits per heavy atom. The molecule has 0 aromatic rings. The zero-order valence-electron chi connectivity index (χ0n) is 7.19. The molecule has 0 aliphatic carbocycles. The summed E-state index contributed by atoms with van der Waals surface area (Å²) < 4.78 is 5.00. The monoisotopic (exact) mass is 210 g/mol. The van der Waals surface area contributed by atoms with Gasteiger partial charge in [-0.3, -0.25) is 0 Å². The van der Waals surface area contributed by atoms with E-state index in [1.54, 1.807) is 13.8 Å². The lowest BCUT2D eigenvalue weighted by Crippen LogP contribution is -2.35. The van der Waals surface area contributed by atoms with Crippen molar-refractivity contribution in [1.29, 1.82) is 0 Å². The standard InChI is InChI=1S/C8H12Cl2O2/c1-6(2)7(11)12-8(3,4-9)5-10/h1,4-5H2,2-3H3. The fraction of sp³-hybridized carbons (Fsp3) is 0.625. The molecule has 12 heavy (non-hydrogen) atoms. The van der Waals surface area contributed by atoms with Crippen LogP contribution in [0.25, 0.3) is 0 Å². The molecular formula is C8H12Cl2O2. The van der Waals surface area contributed by atoms with Crippen LogP contribution in [0.2, 0.25) is 0 Å². The first kappa shape index (κ1) is 11.8. The highest BCUT2D eigenvalue weighted by Gasteiger charge is 2.26. The first-order valence-electron chi connectivity index (χ1n) is 3.46. The van der Waals surface area contributed by atoms with Gasteiger partial charge in [-0.25, -0.2) is 4.79 Å². The zero-order chi connectivity index (χ0) is 9.78. The molecule has 0 aliphatic heterocycles. The Labute approximate surface area is 82.5 Å². The second kappa shape index (κ2) is 4.73. The predicted molar refractivity (Wildman–Crippen MR) is 50.8 cm³/mol. The summed E-state index contributed by atoms with van der Waals surface area (Å²) in [6.45, 7) is 6.70. The molecule has 0 saturated heterocycles. The molecule has 0 rings (SSSR count). The maximum absolute atomic E-state index is 11.0. The third-order valence-corrected chi connectivity index (χ3v) is 2.38. The van der Waals surface area contributed by atoms with Crippen LogP contribution in [0.3, 0.4) is 0 Å². The van der Waals surface area contributed by atoms with Crippen LogP contribution in [0, 0.1) is 0 Å². The van der Waals surface area contributed by atoms with E-state index in [4.69, 9.17) is 27.9 Å². The predicted octanol–water partition coefficient (Wildman–Crippen LogP) is 2.34. The fourth-order valence-corrected chi connectivity index (χ4v) is 0.796. The second-order valence-electron chi connectivity index (χ2n) is 2.89. The van der Waals surface area contributed by atoms with Gasteiger partial charge >= 0.3 is 5.97 Å². The highest BCUT2D eigenvalue weighted by molar-refractivity contribution is 6.22. The Morgan fingerprint density at radius 3 is 2.17 bits per heavy atom. The van der Waals surface area contributed by atoms with Crippen LogP contribution in [0.1, 0.15) is 13.8 Å². The number of esters is 1. The molecule has 0 heterocycles. The molecule has 4 heteroatoms. The minimum Gasteiger partial charge on any atom is -0.453 e. The van der Waals surface area contributed by atoms with E-state index in [1.807, 2.05) is 0 Å². The molecule has 0 N–H and O–H groups in total. The van der Waals surface area contributed by atoms with Crippen molar-refractivity contribution in [2.75, 3.05) is 11.8 Å². The first-order chi connectivity index (χ1) is 5.45. The molecular weight excluding hydrogens is 199 g/mol. The number of hydrogen-bond acceptors (Lipinski definition) is 2. The summed E-state index contributed by atoms with van der Waals surface area (Å²) in [5, 5.41) is 0. The van der Waals surface area contributed by atoms with E-state index in [-0.39, 0.29) is 11.8 Å². The van der Waals surface area contributed by atoms with Gasteiger partial charge in [0.25, 0.3) is 0 Å². The van der Waals surface area contributed by atoms with Crippen molar-refractivity contribution < 1.29 is 9.53 Å². The average Bonchev–Trinajstić information content (AvgIpc) is 2.04. The van der Waals surface area contributed by atoms with E-state index in [9.17, 15) is 4.79 Å². The van der Waals surface area contributed by atoms with Crippen LogP contribution < -0.4 is 0 Å². The number of hydrogen-bond donors (Lipinski definition) is 0. The molecule has 0 radical (unpaired) electrons. The molecule has 0 fully saturated rings. The van der Waals surface area contributed by atoms with Crippen molar-refractivity contribution in [2.45, 2.75) is 19.4 Å². The summed E-state index contributed by atoms with van der Waals surface area (Å²) in [5.74, 6) is -0.107. The van der Waals surface area contributed by atoms with Gasteiger partial charge in [0, 0.05) is 5.57 Å². The van der Waals surface area contributed by atoms with Gasteiger partial charge in [0.05, 0.1) is 11.8 Å². The first-order valence-corrected chi connectivity index (χ1v) is 4.53. The number of alkyl halides is 2. The van der Waals surface area contributed by atoms with Crippen molar-refractivity contribution in [2.24, 2.45) is 0 Å². The number of ether oxygens (including phenoxy) is 1. The summed E-state index contributed by atoms with van der Waals surface area (Å²) in [6, 6.07) is 0. The van der Waals surface area contributed by atoms with E-state index in [0.717, 1.165) is 0 Å². The van der Waals surface area contributed by atoms with Crippen LogP contribution >= 0.6 is 23.2 Å². The van der Waals surface area contributed by atoms with Gasteiger partial charge < -0.3 is 4.74 Å². The molecule has 0 saturated carbocycles. The maximum Gasteiger partial charge on any atom is 0.333 e. The van der Waals surface area contributed by atoms with Crippen molar-refractivity contribution in [3.05, 3.63) is 12.2 Å². The smallest absolute Gasteiger partial charge is 0.333 e. The fourth-order valence-electron chi connectivity index (χ4n) is 0.401. The van der Waals surface area contributed by atoms with Crippen molar-refractivity contribution in [1.82, 2.24) is 0 Å². The van der Waals surface area contributed by atoms with Crippen molar-refractivity contribution in [3.8, 4) is 0 Å². The molecule has 0 aliphatic rings. The summed E-state index contributed by atoms with van der Waals surface area (Å²) in [4.78, 5) is 11.0. The summed E-state index contributed by atoms with van der Waals surface area (Å²) in [6.07, 6.45) is 0. The van der Waals surface area contributed by atoms with E-state index in [1.165, 1.54) is 0 Å². The SMILES string of the molecule is C=C(C)C(=O)OC(C)(CCl)CCl. The maximum atomic E-state index is 11.0. The number of halogens is 2. The third-order valence-electron chi connectivity index (χ3n) is 1.25. The molecule has 2 nitrogen and oxygen atoms in total. The molecule has 0 atom stereocenters. The largest absolute Gasteiger partial charge is 0.453 e. The number of carbonyl (C=O) groups is 1. The Kier molecular flexibility index (Phi) is 4.64. The quantitative estimate of drug-likeness (QED) is 0.405. The Morgan fingerprint density at radius 1 is 1.50 bits per heavy atom. The third kappa shape index (κ3) is 3.46. The average molecular weight is 211 g/mol. The number of rotatable bonds is 4. The van der Waals surface area contributed by atoms with E-state index in [2.05, 4.69) is 6.58 Å². The van der Waals surface area contributed by atoms with Gasteiger partial charge in [-0.2, -0.15) is 0 Å². The van der Waals surface area contributed by atoms with E-state index >= 15 is 0 Å². The molecule has 0 amide bonds. The van der Waals surface area contributed by atoms with Gasteiger partial charge in [0.15, 0.2) is 0 Å². The molecule has 0 bridgehead atoms. The lowest BCUT2D eigenvalue weighted by Gasteiger charge is -2.24. The number of carbonyl (C=O) groups excluding carboxylic acids is 1. The molecule has 0 unspecified atom stereocenters. The minimum atomic E-state index is -0.793. The van der Waals surface area contributed by atoms with Crippen LogP contribution in [0.15, 0.2) is 12.2 Å². The Bertz CT molecular complexity index is 185. The summed E-state index contributed by atoms with van der Waals surface area (Å²) in [7, 11) is 0. The minimum absolute atomic E-state index is 0.176. The molecule has 0 aromatic heterocycles. The van der Waals surface area contributed by atoms with E-state index in [0.29, 0.717) is 5.57 Å². The van der Waals surface area contributed by atoms with Gasteiger partial charge in [-0.05, 0) is 13.8 Å². The highest BCUT2D eigenvalue weighted by atomic mass is 35.5. The molecule has 0 spiro atoms. The summed E-state index contributed by atoms with van der Waals surface area (Å²) >= 11 is 11.1. The van der Waals surface area contributed by atoms with Crippen LogP contribution in [0.5, 0.6) is 0 Å². The van der Waals surface area contributed by atoms with Gasteiger partial charge in [-0.15, -0.1) is 23.2 Å². The lowest BCUT2D eigenvalue weighted by atomic mass is 10.2. The lowest BCUT2D eigenvalue weighted by molar-refractivity contribution is -0.149. The van der Waals surface area contributed by atoms with Crippen LogP contribution in [-0.4, -0.2) is 23.3 Å². The van der Waals surface area contributed by atoms with Crippen LogP contribution in [-0.2, 0) is 9.53 Å². The Balaban J connectivity index is 4.21. The normalized spacial score (nSPS) is 11.0. The van der Waals surface area contributed by atoms with Crippen molar-refractivity contribution in [3.63, 3.8) is 0 Å². The molecule has 0 aromatic carbocycles. The van der Waals surface area contributed by atoms with E-state index < -0.39 is 11.6 Å². The van der Waals surface area contributed by atoms with Gasteiger partial charge in [0.1, 0.15) is 5.60 Å².